The molecule has 0 rings (SSSR count). The SMILES string of the molecule is CC(CN)SC(C)CN. The summed E-state index contributed by atoms with van der Waals surface area (Å²) in [6.07, 6.45) is 0. The molecule has 0 aliphatic rings. The summed E-state index contributed by atoms with van der Waals surface area (Å²) in [5.74, 6) is 0. The molecule has 56 valence electrons. The van der Waals surface area contributed by atoms with Crippen LogP contribution in [0.25, 0.3) is 0 Å². The minimum Gasteiger partial charge on any atom is -0.329 e. The molecule has 0 radical (unpaired) electrons. The molecule has 0 aromatic heterocycles. The number of hydrogen-bond donors (Lipinski definition) is 2. The van der Waals surface area contributed by atoms with E-state index in [0.29, 0.717) is 10.5 Å². The Labute approximate surface area is 61.4 Å². The maximum Gasteiger partial charge on any atom is 0.0145 e. The van der Waals surface area contributed by atoms with Gasteiger partial charge in [0.05, 0.1) is 0 Å². The van der Waals surface area contributed by atoms with Crippen molar-refractivity contribution < 1.29 is 0 Å². The fourth-order valence-electron chi connectivity index (χ4n) is 0.508. The highest BCUT2D eigenvalue weighted by Crippen LogP contribution is 2.14. The van der Waals surface area contributed by atoms with Crippen molar-refractivity contribution in [2.24, 2.45) is 11.5 Å². The first kappa shape index (κ1) is 9.27. The summed E-state index contributed by atoms with van der Waals surface area (Å²) in [5.41, 5.74) is 10.8. The Morgan fingerprint density at radius 1 is 1.11 bits per heavy atom. The van der Waals surface area contributed by atoms with Gasteiger partial charge in [0.15, 0.2) is 0 Å². The Morgan fingerprint density at radius 2 is 1.44 bits per heavy atom. The summed E-state index contributed by atoms with van der Waals surface area (Å²) in [6, 6.07) is 0. The van der Waals surface area contributed by atoms with Crippen LogP contribution in [0.3, 0.4) is 0 Å². The van der Waals surface area contributed by atoms with Crippen molar-refractivity contribution in [2.75, 3.05) is 13.1 Å². The van der Waals surface area contributed by atoms with Gasteiger partial charge in [0, 0.05) is 23.6 Å². The summed E-state index contributed by atoms with van der Waals surface area (Å²) >= 11 is 1.85. The van der Waals surface area contributed by atoms with Crippen LogP contribution in [0.5, 0.6) is 0 Å². The van der Waals surface area contributed by atoms with E-state index in [4.69, 9.17) is 11.5 Å². The van der Waals surface area contributed by atoms with Crippen molar-refractivity contribution in [1.82, 2.24) is 0 Å². The van der Waals surface area contributed by atoms with Gasteiger partial charge in [-0.1, -0.05) is 13.8 Å². The Kier molecular flexibility index (Phi) is 5.24. The van der Waals surface area contributed by atoms with Gasteiger partial charge in [0.2, 0.25) is 0 Å². The second-order valence-electron chi connectivity index (χ2n) is 2.23. The molecule has 0 aliphatic carbocycles. The van der Waals surface area contributed by atoms with E-state index in [9.17, 15) is 0 Å². The second kappa shape index (κ2) is 5.09. The quantitative estimate of drug-likeness (QED) is 0.607. The van der Waals surface area contributed by atoms with Crippen molar-refractivity contribution in [1.29, 1.82) is 0 Å². The monoisotopic (exact) mass is 148 g/mol. The Hall–Kier alpha value is 0.270. The average Bonchev–Trinajstić information content (AvgIpc) is 1.87. The van der Waals surface area contributed by atoms with E-state index in [1.807, 2.05) is 11.8 Å². The fourth-order valence-corrected chi connectivity index (χ4v) is 1.52. The van der Waals surface area contributed by atoms with Crippen LogP contribution in [0.15, 0.2) is 0 Å². The summed E-state index contributed by atoms with van der Waals surface area (Å²) in [5, 5.41) is 1.09. The summed E-state index contributed by atoms with van der Waals surface area (Å²) < 4.78 is 0. The van der Waals surface area contributed by atoms with E-state index in [1.165, 1.54) is 0 Å². The smallest absolute Gasteiger partial charge is 0.0145 e. The van der Waals surface area contributed by atoms with Gasteiger partial charge < -0.3 is 11.5 Å². The van der Waals surface area contributed by atoms with Gasteiger partial charge in [-0.2, -0.15) is 11.8 Å². The molecule has 2 atom stereocenters. The highest BCUT2D eigenvalue weighted by atomic mass is 32.2. The third-order valence-electron chi connectivity index (χ3n) is 1.13. The van der Waals surface area contributed by atoms with Gasteiger partial charge >= 0.3 is 0 Å². The third kappa shape index (κ3) is 4.75. The summed E-state index contributed by atoms with van der Waals surface area (Å²) in [7, 11) is 0. The molecular formula is C6H16N2S. The maximum atomic E-state index is 5.41. The van der Waals surface area contributed by atoms with Crippen LogP contribution in [0.1, 0.15) is 13.8 Å². The lowest BCUT2D eigenvalue weighted by Crippen LogP contribution is -2.20. The average molecular weight is 148 g/mol. The fraction of sp³-hybridized carbons (Fsp3) is 1.00. The molecule has 0 bridgehead atoms. The molecule has 0 heterocycles. The van der Waals surface area contributed by atoms with E-state index < -0.39 is 0 Å². The molecule has 2 unspecified atom stereocenters. The van der Waals surface area contributed by atoms with Crippen molar-refractivity contribution in [3.8, 4) is 0 Å². The number of rotatable bonds is 4. The number of thioether (sulfide) groups is 1. The summed E-state index contributed by atoms with van der Waals surface area (Å²) in [4.78, 5) is 0. The lowest BCUT2D eigenvalue weighted by Gasteiger charge is -2.12. The van der Waals surface area contributed by atoms with Gasteiger partial charge in [-0.25, -0.2) is 0 Å². The largest absolute Gasteiger partial charge is 0.329 e. The topological polar surface area (TPSA) is 52.0 Å². The van der Waals surface area contributed by atoms with Crippen LogP contribution >= 0.6 is 11.8 Å². The molecule has 0 amide bonds. The zero-order valence-corrected chi connectivity index (χ0v) is 6.95. The number of nitrogens with two attached hydrogens (primary N) is 2. The molecule has 0 spiro atoms. The predicted octanol–water partition coefficient (Wildman–Crippen LogP) is 0.414. The molecule has 9 heavy (non-hydrogen) atoms. The minimum absolute atomic E-state index is 0.545. The first-order valence-electron chi connectivity index (χ1n) is 3.26. The van der Waals surface area contributed by atoms with Crippen LogP contribution < -0.4 is 11.5 Å². The minimum atomic E-state index is 0.545. The first-order valence-corrected chi connectivity index (χ1v) is 4.20. The zero-order valence-electron chi connectivity index (χ0n) is 6.13. The maximum absolute atomic E-state index is 5.41. The molecule has 3 heteroatoms. The van der Waals surface area contributed by atoms with Gasteiger partial charge in [-0.15, -0.1) is 0 Å². The van der Waals surface area contributed by atoms with Gasteiger partial charge in [0.1, 0.15) is 0 Å². The van der Waals surface area contributed by atoms with Gasteiger partial charge in [-0.05, 0) is 0 Å². The lowest BCUT2D eigenvalue weighted by molar-refractivity contribution is 0.906. The van der Waals surface area contributed by atoms with Crippen LogP contribution in [-0.2, 0) is 0 Å². The van der Waals surface area contributed by atoms with E-state index in [-0.39, 0.29) is 0 Å². The van der Waals surface area contributed by atoms with E-state index in [1.54, 1.807) is 0 Å². The number of hydrogen-bond acceptors (Lipinski definition) is 3. The van der Waals surface area contributed by atoms with Crippen LogP contribution in [0.2, 0.25) is 0 Å². The first-order chi connectivity index (χ1) is 4.20. The molecule has 2 nitrogen and oxygen atoms in total. The molecule has 0 aliphatic heterocycles. The molecular weight excluding hydrogens is 132 g/mol. The highest BCUT2D eigenvalue weighted by Gasteiger charge is 2.04. The molecule has 0 saturated heterocycles. The van der Waals surface area contributed by atoms with Crippen LogP contribution in [0, 0.1) is 0 Å². The molecule has 0 fully saturated rings. The van der Waals surface area contributed by atoms with Crippen molar-refractivity contribution in [2.45, 2.75) is 24.3 Å². The van der Waals surface area contributed by atoms with E-state index >= 15 is 0 Å². The van der Waals surface area contributed by atoms with E-state index in [2.05, 4.69) is 13.8 Å². The van der Waals surface area contributed by atoms with Crippen molar-refractivity contribution in [3.05, 3.63) is 0 Å². The second-order valence-corrected chi connectivity index (χ2v) is 4.11. The van der Waals surface area contributed by atoms with Crippen molar-refractivity contribution >= 4 is 11.8 Å². The zero-order chi connectivity index (χ0) is 7.28. The Morgan fingerprint density at radius 3 is 1.67 bits per heavy atom. The lowest BCUT2D eigenvalue weighted by atomic mass is 10.5. The Bertz CT molecular complexity index is 60.1. The van der Waals surface area contributed by atoms with E-state index in [0.717, 1.165) is 13.1 Å². The van der Waals surface area contributed by atoms with Gasteiger partial charge in [-0.3, -0.25) is 0 Å². The highest BCUT2D eigenvalue weighted by molar-refractivity contribution is 8.00. The molecule has 0 aromatic rings. The molecule has 0 aromatic carbocycles. The molecule has 4 N–H and O–H groups in total. The standard InChI is InChI=1S/C6H16N2S/c1-5(3-7)9-6(2)4-8/h5-6H,3-4,7-8H2,1-2H3. The molecule has 0 saturated carbocycles. The van der Waals surface area contributed by atoms with Crippen molar-refractivity contribution in [3.63, 3.8) is 0 Å². The van der Waals surface area contributed by atoms with Crippen LogP contribution in [-0.4, -0.2) is 23.6 Å². The Balaban J connectivity index is 3.22. The normalized spacial score (nSPS) is 17.3. The van der Waals surface area contributed by atoms with Crippen LogP contribution in [0.4, 0.5) is 0 Å². The predicted molar refractivity (Wildman–Crippen MR) is 44.6 cm³/mol. The van der Waals surface area contributed by atoms with Gasteiger partial charge in [0.25, 0.3) is 0 Å². The third-order valence-corrected chi connectivity index (χ3v) is 2.44. The summed E-state index contributed by atoms with van der Waals surface area (Å²) in [6.45, 7) is 5.73.